The summed E-state index contributed by atoms with van der Waals surface area (Å²) in [5, 5.41) is 9.36. The fraction of sp³-hybridized carbons (Fsp3) is 0.483. The summed E-state index contributed by atoms with van der Waals surface area (Å²) in [5.41, 5.74) is 3.29. The second-order valence-electron chi connectivity index (χ2n) is 10.5. The monoisotopic (exact) mass is 534 g/mol. The lowest BCUT2D eigenvalue weighted by Gasteiger charge is -2.28. The van der Waals surface area contributed by atoms with E-state index >= 15 is 0 Å². The number of imidazole rings is 1. The number of methoxy groups -OCH3 is 1. The summed E-state index contributed by atoms with van der Waals surface area (Å²) in [7, 11) is 1.62. The number of H-pyrrole nitrogens is 1. The highest BCUT2D eigenvalue weighted by Crippen LogP contribution is 2.34. The van der Waals surface area contributed by atoms with Gasteiger partial charge in [-0.25, -0.2) is 4.79 Å². The topological polar surface area (TPSA) is 120 Å². The molecule has 5 rings (SSSR count). The van der Waals surface area contributed by atoms with Crippen molar-refractivity contribution < 1.29 is 14.3 Å². The first kappa shape index (κ1) is 27.0. The van der Waals surface area contributed by atoms with Crippen LogP contribution in [-0.4, -0.2) is 72.6 Å². The molecule has 39 heavy (non-hydrogen) atoms. The predicted molar refractivity (Wildman–Crippen MR) is 152 cm³/mol. The summed E-state index contributed by atoms with van der Waals surface area (Å²) >= 11 is 0. The van der Waals surface area contributed by atoms with Crippen molar-refractivity contribution in [3.8, 4) is 5.75 Å². The molecule has 10 nitrogen and oxygen atoms in total. The molecule has 1 saturated carbocycles. The number of nitrogens with zero attached hydrogens (tertiary/aromatic N) is 2. The molecule has 0 unspecified atom stereocenters. The van der Waals surface area contributed by atoms with Gasteiger partial charge in [0.2, 0.25) is 5.91 Å². The van der Waals surface area contributed by atoms with Crippen molar-refractivity contribution in [2.45, 2.75) is 38.6 Å². The SMILES string of the molecule is COc1cc(NC(=O)[C@H]2CC[C@@H](n3c(=O)[nH]c4c(C(=O)NCCN5CCNCC5)cccc43)CC2)ccc1C. The molecule has 0 bridgehead atoms. The maximum Gasteiger partial charge on any atom is 0.326 e. The Morgan fingerprint density at radius 2 is 1.85 bits per heavy atom. The molecule has 4 N–H and O–H groups in total. The number of carbonyl (C=O) groups is 2. The van der Waals surface area contributed by atoms with E-state index in [1.54, 1.807) is 17.7 Å². The van der Waals surface area contributed by atoms with Gasteiger partial charge in [0.1, 0.15) is 5.75 Å². The normalized spacial score (nSPS) is 20.1. The third kappa shape index (κ3) is 6.02. The smallest absolute Gasteiger partial charge is 0.326 e. The van der Waals surface area contributed by atoms with Crippen molar-refractivity contribution in [1.82, 2.24) is 25.1 Å². The summed E-state index contributed by atoms with van der Waals surface area (Å²) in [6.07, 6.45) is 2.79. The molecule has 1 aliphatic carbocycles. The zero-order chi connectivity index (χ0) is 27.4. The molecule has 2 aliphatic rings. The maximum atomic E-state index is 13.0. The number of fused-ring (bicyclic) bond motifs is 1. The van der Waals surface area contributed by atoms with E-state index in [1.807, 2.05) is 37.3 Å². The first-order valence-electron chi connectivity index (χ1n) is 13.8. The van der Waals surface area contributed by atoms with Crippen molar-refractivity contribution >= 4 is 28.5 Å². The molecule has 3 aromatic rings. The van der Waals surface area contributed by atoms with Gasteiger partial charge in [-0.1, -0.05) is 12.1 Å². The lowest BCUT2D eigenvalue weighted by molar-refractivity contribution is -0.121. The van der Waals surface area contributed by atoms with Gasteiger partial charge >= 0.3 is 5.69 Å². The third-order valence-corrected chi connectivity index (χ3v) is 8.03. The fourth-order valence-corrected chi connectivity index (χ4v) is 5.80. The van der Waals surface area contributed by atoms with Crippen molar-refractivity contribution in [1.29, 1.82) is 0 Å². The molecule has 10 heteroatoms. The van der Waals surface area contributed by atoms with Crippen molar-refractivity contribution in [2.24, 2.45) is 5.92 Å². The summed E-state index contributed by atoms with van der Waals surface area (Å²) in [5.74, 6) is 0.428. The average Bonchev–Trinajstić information content (AvgIpc) is 3.30. The van der Waals surface area contributed by atoms with Crippen molar-refractivity contribution in [2.75, 3.05) is 51.7 Å². The molecule has 2 fully saturated rings. The van der Waals surface area contributed by atoms with Crippen LogP contribution in [0, 0.1) is 12.8 Å². The van der Waals surface area contributed by atoms with Gasteiger partial charge in [0.05, 0.1) is 23.7 Å². The number of aryl methyl sites for hydroxylation is 1. The number of aromatic amines is 1. The van der Waals surface area contributed by atoms with Gasteiger partial charge in [0, 0.05) is 63.0 Å². The van der Waals surface area contributed by atoms with Gasteiger partial charge in [-0.3, -0.25) is 19.1 Å². The van der Waals surface area contributed by atoms with E-state index in [4.69, 9.17) is 4.74 Å². The van der Waals surface area contributed by atoms with Crippen molar-refractivity contribution in [3.63, 3.8) is 0 Å². The van der Waals surface area contributed by atoms with Crippen LogP contribution >= 0.6 is 0 Å². The maximum absolute atomic E-state index is 13.0. The Bertz CT molecular complexity index is 1380. The second kappa shape index (κ2) is 12.0. The zero-order valence-electron chi connectivity index (χ0n) is 22.7. The minimum Gasteiger partial charge on any atom is -0.496 e. The van der Waals surface area contributed by atoms with E-state index in [9.17, 15) is 14.4 Å². The van der Waals surface area contributed by atoms with Gasteiger partial charge in [-0.2, -0.15) is 0 Å². The first-order chi connectivity index (χ1) is 18.9. The summed E-state index contributed by atoms with van der Waals surface area (Å²) in [6, 6.07) is 11.1. The molecular formula is C29H38N6O4. The van der Waals surface area contributed by atoms with Crippen LogP contribution in [0.3, 0.4) is 0 Å². The molecule has 1 aromatic heterocycles. The summed E-state index contributed by atoms with van der Waals surface area (Å²) in [6.45, 7) is 7.21. The molecule has 2 heterocycles. The molecule has 1 aliphatic heterocycles. The third-order valence-electron chi connectivity index (χ3n) is 8.03. The number of hydrogen-bond donors (Lipinski definition) is 4. The van der Waals surface area contributed by atoms with E-state index in [0.29, 0.717) is 43.3 Å². The highest BCUT2D eigenvalue weighted by atomic mass is 16.5. The quantitative estimate of drug-likeness (QED) is 0.353. The summed E-state index contributed by atoms with van der Waals surface area (Å²) < 4.78 is 7.14. The predicted octanol–water partition coefficient (Wildman–Crippen LogP) is 2.65. The van der Waals surface area contributed by atoms with Crippen LogP contribution in [0.15, 0.2) is 41.2 Å². The number of para-hydroxylation sites is 1. The largest absolute Gasteiger partial charge is 0.496 e. The van der Waals surface area contributed by atoms with Crippen molar-refractivity contribution in [3.05, 3.63) is 58.0 Å². The Morgan fingerprint density at radius 1 is 1.08 bits per heavy atom. The number of nitrogens with one attached hydrogen (secondary N) is 4. The van der Waals surface area contributed by atoms with Gasteiger partial charge in [0.25, 0.3) is 5.91 Å². The summed E-state index contributed by atoms with van der Waals surface area (Å²) in [4.78, 5) is 44.3. The number of carbonyl (C=O) groups excluding carboxylic acids is 2. The Balaban J connectivity index is 1.22. The average molecular weight is 535 g/mol. The van der Waals surface area contributed by atoms with E-state index < -0.39 is 0 Å². The zero-order valence-corrected chi connectivity index (χ0v) is 22.7. The second-order valence-corrected chi connectivity index (χ2v) is 10.5. The van der Waals surface area contributed by atoms with Crippen LogP contribution in [0.5, 0.6) is 5.75 Å². The van der Waals surface area contributed by atoms with Crippen LogP contribution in [0.25, 0.3) is 11.0 Å². The van der Waals surface area contributed by atoms with E-state index in [-0.39, 0.29) is 29.5 Å². The lowest BCUT2D eigenvalue weighted by Crippen LogP contribution is -2.46. The minimum absolute atomic E-state index is 0.00889. The minimum atomic E-state index is -0.217. The number of amides is 2. The molecule has 1 saturated heterocycles. The molecule has 2 aromatic carbocycles. The molecule has 0 atom stereocenters. The number of hydrogen-bond acceptors (Lipinski definition) is 6. The molecule has 2 amide bonds. The number of piperazine rings is 1. The Kier molecular flexibility index (Phi) is 8.33. The molecular weight excluding hydrogens is 496 g/mol. The number of rotatable bonds is 8. The molecule has 208 valence electrons. The number of ether oxygens (including phenoxy) is 1. The van der Waals surface area contributed by atoms with Crippen LogP contribution < -0.4 is 26.4 Å². The first-order valence-corrected chi connectivity index (χ1v) is 13.8. The van der Waals surface area contributed by atoms with Crippen LogP contribution in [0.4, 0.5) is 5.69 Å². The Hall–Kier alpha value is -3.63. The fourth-order valence-electron chi connectivity index (χ4n) is 5.80. The Morgan fingerprint density at radius 3 is 2.59 bits per heavy atom. The molecule has 0 radical (unpaired) electrons. The van der Waals surface area contributed by atoms with E-state index in [2.05, 4.69) is 25.8 Å². The van der Waals surface area contributed by atoms with Gasteiger partial charge in [0.15, 0.2) is 0 Å². The Labute approximate surface area is 228 Å². The lowest BCUT2D eigenvalue weighted by atomic mass is 9.85. The van der Waals surface area contributed by atoms with E-state index in [0.717, 1.165) is 55.2 Å². The number of anilines is 1. The van der Waals surface area contributed by atoms with Crippen LogP contribution in [-0.2, 0) is 4.79 Å². The van der Waals surface area contributed by atoms with Gasteiger partial charge in [-0.15, -0.1) is 0 Å². The number of aromatic nitrogens is 2. The van der Waals surface area contributed by atoms with Gasteiger partial charge in [-0.05, 0) is 56.4 Å². The van der Waals surface area contributed by atoms with Gasteiger partial charge < -0.3 is 25.7 Å². The van der Waals surface area contributed by atoms with Crippen LogP contribution in [0.2, 0.25) is 0 Å². The van der Waals surface area contributed by atoms with Crippen LogP contribution in [0.1, 0.15) is 47.6 Å². The van der Waals surface area contributed by atoms with E-state index in [1.165, 1.54) is 0 Å². The highest BCUT2D eigenvalue weighted by molar-refractivity contribution is 6.05. The molecule has 0 spiro atoms. The highest BCUT2D eigenvalue weighted by Gasteiger charge is 2.29. The number of benzene rings is 2. The standard InChI is InChI=1S/C29H38N6O4/c1-19-6-9-21(18-25(19)39-2)32-27(36)20-7-10-22(11-8-20)35-24-5-3-4-23(26(24)33-29(35)38)28(37)31-14-17-34-15-12-30-13-16-34/h3-6,9,18,20,22,30H,7-8,10-17H2,1-2H3,(H,31,37)(H,32,36)(H,33,38)/t20-,22+.